The predicted molar refractivity (Wildman–Crippen MR) is 90.1 cm³/mol. The Morgan fingerprint density at radius 1 is 1.00 bits per heavy atom. The van der Waals surface area contributed by atoms with Crippen LogP contribution in [0, 0.1) is 0 Å². The van der Waals surface area contributed by atoms with E-state index in [2.05, 4.69) is 10.1 Å². The maximum atomic E-state index is 13.2. The fourth-order valence-electron chi connectivity index (χ4n) is 2.74. The molecule has 1 aromatic carbocycles. The highest BCUT2D eigenvalue weighted by Crippen LogP contribution is 2.40. The van der Waals surface area contributed by atoms with Crippen molar-refractivity contribution in [3.05, 3.63) is 47.4 Å². The number of alkyl halides is 6. The molecule has 2 heterocycles. The van der Waals surface area contributed by atoms with Gasteiger partial charge in [-0.25, -0.2) is 9.50 Å². The molecule has 0 radical (unpaired) electrons. The molecule has 0 fully saturated rings. The lowest BCUT2D eigenvalue weighted by Crippen LogP contribution is -2.31. The standard InChI is InChI=1S/C17H10F6N4O4/c18-16(19,20)8-1-7(2-9(3-8)17(21,22)23)10-4-11(28)13(15(31)24-5-12(29)30)27-14(10)25-6-26-27/h1-4,6,28H,5H2,(H,24,31)(H,29,30). The van der Waals surface area contributed by atoms with E-state index < -0.39 is 58.9 Å². The molecule has 0 aliphatic heterocycles. The topological polar surface area (TPSA) is 117 Å². The quantitative estimate of drug-likeness (QED) is 0.529. The van der Waals surface area contributed by atoms with E-state index in [0.29, 0.717) is 16.6 Å². The minimum absolute atomic E-state index is 0.0575. The second kappa shape index (κ2) is 7.45. The van der Waals surface area contributed by atoms with Crippen molar-refractivity contribution in [1.82, 2.24) is 19.9 Å². The van der Waals surface area contributed by atoms with Crippen molar-refractivity contribution in [2.75, 3.05) is 6.54 Å². The summed E-state index contributed by atoms with van der Waals surface area (Å²) in [5.41, 5.74) is -5.09. The maximum absolute atomic E-state index is 13.2. The van der Waals surface area contributed by atoms with Crippen LogP contribution in [-0.4, -0.2) is 43.2 Å². The Morgan fingerprint density at radius 2 is 1.58 bits per heavy atom. The van der Waals surface area contributed by atoms with Crippen molar-refractivity contribution in [3.8, 4) is 16.9 Å². The zero-order valence-electron chi connectivity index (χ0n) is 14.9. The highest BCUT2D eigenvalue weighted by molar-refractivity contribution is 5.98. The molecule has 0 aliphatic carbocycles. The number of carboxylic acids is 1. The molecule has 164 valence electrons. The lowest BCUT2D eigenvalue weighted by atomic mass is 9.99. The third-order valence-corrected chi connectivity index (χ3v) is 4.04. The molecule has 0 spiro atoms. The van der Waals surface area contributed by atoms with Crippen LogP contribution in [0.15, 0.2) is 30.6 Å². The summed E-state index contributed by atoms with van der Waals surface area (Å²) in [6, 6.07) is 1.55. The first-order valence-corrected chi connectivity index (χ1v) is 8.14. The Bertz CT molecular complexity index is 1150. The number of carbonyl (C=O) groups excluding carboxylic acids is 1. The summed E-state index contributed by atoms with van der Waals surface area (Å²) in [6.45, 7) is -0.821. The minimum Gasteiger partial charge on any atom is -0.505 e. The van der Waals surface area contributed by atoms with E-state index in [1.807, 2.05) is 5.32 Å². The molecule has 0 atom stereocenters. The molecule has 3 N–H and O–H groups in total. The number of nitrogens with zero attached hydrogens (tertiary/aromatic N) is 3. The molecule has 31 heavy (non-hydrogen) atoms. The lowest BCUT2D eigenvalue weighted by Gasteiger charge is -2.15. The van der Waals surface area contributed by atoms with Crippen LogP contribution in [0.3, 0.4) is 0 Å². The molecule has 2 aromatic heterocycles. The SMILES string of the molecule is O=C(O)CNC(=O)c1c(O)cc(-c2cc(C(F)(F)F)cc(C(F)(F)F)c2)c2ncnn12. The summed E-state index contributed by atoms with van der Waals surface area (Å²) in [5.74, 6) is -3.38. The van der Waals surface area contributed by atoms with Gasteiger partial charge in [0.15, 0.2) is 11.3 Å². The summed E-state index contributed by atoms with van der Waals surface area (Å²) in [5, 5.41) is 24.5. The van der Waals surface area contributed by atoms with E-state index in [-0.39, 0.29) is 17.3 Å². The van der Waals surface area contributed by atoms with Crippen molar-refractivity contribution in [3.63, 3.8) is 0 Å². The van der Waals surface area contributed by atoms with E-state index in [4.69, 9.17) is 5.11 Å². The van der Waals surface area contributed by atoms with Crippen LogP contribution in [0.2, 0.25) is 0 Å². The highest BCUT2D eigenvalue weighted by Gasteiger charge is 2.37. The van der Waals surface area contributed by atoms with Crippen molar-refractivity contribution in [1.29, 1.82) is 0 Å². The summed E-state index contributed by atoms with van der Waals surface area (Å²) in [4.78, 5) is 26.5. The number of benzene rings is 1. The number of amides is 1. The van der Waals surface area contributed by atoms with Gasteiger partial charge >= 0.3 is 18.3 Å². The van der Waals surface area contributed by atoms with E-state index >= 15 is 0 Å². The number of rotatable bonds is 4. The Morgan fingerprint density at radius 3 is 2.10 bits per heavy atom. The van der Waals surface area contributed by atoms with Crippen LogP contribution in [-0.2, 0) is 17.1 Å². The number of fused-ring (bicyclic) bond motifs is 1. The van der Waals surface area contributed by atoms with Crippen LogP contribution < -0.4 is 5.32 Å². The van der Waals surface area contributed by atoms with Crippen molar-refractivity contribution < 1.29 is 46.1 Å². The normalized spacial score (nSPS) is 12.2. The average Bonchev–Trinajstić information content (AvgIpc) is 3.13. The molecule has 0 saturated heterocycles. The van der Waals surface area contributed by atoms with Crippen molar-refractivity contribution in [2.45, 2.75) is 12.4 Å². The Kier molecular flexibility index (Phi) is 5.25. The summed E-state index contributed by atoms with van der Waals surface area (Å²) in [6.07, 6.45) is -9.35. The van der Waals surface area contributed by atoms with E-state index in [1.54, 1.807) is 0 Å². The van der Waals surface area contributed by atoms with Gasteiger partial charge in [-0.1, -0.05) is 0 Å². The third-order valence-electron chi connectivity index (χ3n) is 4.04. The van der Waals surface area contributed by atoms with E-state index in [0.717, 1.165) is 12.4 Å². The van der Waals surface area contributed by atoms with Gasteiger partial charge in [0.25, 0.3) is 5.91 Å². The van der Waals surface area contributed by atoms with Gasteiger partial charge in [0.05, 0.1) is 11.1 Å². The summed E-state index contributed by atoms with van der Waals surface area (Å²) >= 11 is 0. The van der Waals surface area contributed by atoms with Crippen LogP contribution >= 0.6 is 0 Å². The van der Waals surface area contributed by atoms with E-state index in [9.17, 15) is 41.0 Å². The molecule has 3 rings (SSSR count). The van der Waals surface area contributed by atoms with E-state index in [1.165, 1.54) is 0 Å². The number of carboxylic acid groups (broad SMARTS) is 1. The van der Waals surface area contributed by atoms with Gasteiger partial charge in [0.1, 0.15) is 18.6 Å². The van der Waals surface area contributed by atoms with Gasteiger partial charge in [0.2, 0.25) is 0 Å². The molecular weight excluding hydrogens is 438 g/mol. The molecule has 0 aliphatic rings. The molecule has 1 amide bonds. The molecule has 0 unspecified atom stereocenters. The fourth-order valence-corrected chi connectivity index (χ4v) is 2.74. The van der Waals surface area contributed by atoms with Gasteiger partial charge in [-0.2, -0.15) is 31.4 Å². The lowest BCUT2D eigenvalue weighted by molar-refractivity contribution is -0.143. The van der Waals surface area contributed by atoms with Crippen LogP contribution in [0.1, 0.15) is 21.6 Å². The largest absolute Gasteiger partial charge is 0.505 e. The number of aliphatic carboxylic acids is 1. The van der Waals surface area contributed by atoms with Crippen molar-refractivity contribution >= 4 is 17.5 Å². The van der Waals surface area contributed by atoms with Gasteiger partial charge in [-0.05, 0) is 29.8 Å². The van der Waals surface area contributed by atoms with Gasteiger partial charge in [0, 0.05) is 5.56 Å². The average molecular weight is 448 g/mol. The zero-order valence-corrected chi connectivity index (χ0v) is 14.9. The number of halogens is 6. The van der Waals surface area contributed by atoms with Crippen LogP contribution in [0.4, 0.5) is 26.3 Å². The molecule has 14 heteroatoms. The number of hydrogen-bond acceptors (Lipinski definition) is 5. The molecule has 0 bridgehead atoms. The van der Waals surface area contributed by atoms with Gasteiger partial charge < -0.3 is 15.5 Å². The second-order valence-electron chi connectivity index (χ2n) is 6.16. The highest BCUT2D eigenvalue weighted by atomic mass is 19.4. The number of nitrogens with one attached hydrogen (secondary N) is 1. The Hall–Kier alpha value is -3.84. The summed E-state index contributed by atoms with van der Waals surface area (Å²) < 4.78 is 79.6. The molecule has 3 aromatic rings. The first kappa shape index (κ1) is 21.9. The Labute approximate surface area is 167 Å². The molecular formula is C17H10F6N4O4. The molecule has 0 saturated carbocycles. The zero-order chi connectivity index (χ0) is 23.1. The number of aromatic hydroxyl groups is 1. The Balaban J connectivity index is 2.23. The van der Waals surface area contributed by atoms with Crippen molar-refractivity contribution in [2.24, 2.45) is 0 Å². The minimum atomic E-state index is -5.10. The van der Waals surface area contributed by atoms with Gasteiger partial charge in [-0.3, -0.25) is 9.59 Å². The fraction of sp³-hybridized carbons (Fsp3) is 0.176. The third kappa shape index (κ3) is 4.36. The number of pyridine rings is 1. The predicted octanol–water partition coefficient (Wildman–Crippen LogP) is 2.95. The number of hydrogen-bond donors (Lipinski definition) is 3. The first-order chi connectivity index (χ1) is 14.3. The molecule has 8 nitrogen and oxygen atoms in total. The van der Waals surface area contributed by atoms with Crippen LogP contribution in [0.5, 0.6) is 5.75 Å². The smallest absolute Gasteiger partial charge is 0.416 e. The maximum Gasteiger partial charge on any atom is 0.416 e. The van der Waals surface area contributed by atoms with Gasteiger partial charge in [-0.15, -0.1) is 0 Å². The first-order valence-electron chi connectivity index (χ1n) is 8.14. The van der Waals surface area contributed by atoms with Crippen LogP contribution in [0.25, 0.3) is 16.8 Å². The monoisotopic (exact) mass is 448 g/mol. The number of aromatic nitrogens is 3. The second-order valence-corrected chi connectivity index (χ2v) is 6.16. The number of carbonyl (C=O) groups is 2. The summed E-state index contributed by atoms with van der Waals surface area (Å²) in [7, 11) is 0.